The topological polar surface area (TPSA) is 108 Å². The third kappa shape index (κ3) is 4.02. The van der Waals surface area contributed by atoms with Gasteiger partial charge in [-0.25, -0.2) is 14.5 Å². The highest BCUT2D eigenvalue weighted by atomic mass is 16.5. The number of carbonyl (C=O) groups is 1. The molecular weight excluding hydrogens is 422 g/mol. The first-order valence-corrected chi connectivity index (χ1v) is 11.1. The number of hydrogen-bond acceptors (Lipinski definition) is 7. The van der Waals surface area contributed by atoms with Gasteiger partial charge in [0.2, 0.25) is 11.7 Å². The van der Waals surface area contributed by atoms with Crippen molar-refractivity contribution in [2.75, 3.05) is 11.9 Å². The van der Waals surface area contributed by atoms with E-state index in [2.05, 4.69) is 34.2 Å². The van der Waals surface area contributed by atoms with Crippen LogP contribution in [0.1, 0.15) is 56.6 Å². The molecule has 0 aliphatic carbocycles. The minimum atomic E-state index is -0.364. The molecule has 10 nitrogen and oxygen atoms in total. The zero-order chi connectivity index (χ0) is 23.2. The molecule has 1 unspecified atom stereocenters. The van der Waals surface area contributed by atoms with E-state index in [4.69, 9.17) is 14.5 Å². The quantitative estimate of drug-likeness (QED) is 0.498. The second-order valence-electron chi connectivity index (χ2n) is 9.08. The molecule has 0 spiro atoms. The molecule has 10 heteroatoms. The van der Waals surface area contributed by atoms with Crippen molar-refractivity contribution >= 4 is 23.0 Å². The van der Waals surface area contributed by atoms with Gasteiger partial charge in [0.05, 0.1) is 30.7 Å². The second kappa shape index (κ2) is 8.11. The van der Waals surface area contributed by atoms with Crippen LogP contribution in [-0.4, -0.2) is 53.7 Å². The van der Waals surface area contributed by atoms with Crippen LogP contribution in [0, 0.1) is 0 Å². The lowest BCUT2D eigenvalue weighted by Gasteiger charge is -2.34. The van der Waals surface area contributed by atoms with Crippen LogP contribution in [0.15, 0.2) is 37.1 Å². The van der Waals surface area contributed by atoms with E-state index in [-0.39, 0.29) is 29.4 Å². The number of carbonyl (C=O) groups excluding carboxylic acids is 1. The van der Waals surface area contributed by atoms with E-state index in [1.807, 2.05) is 20.0 Å². The number of rotatable bonds is 5. The monoisotopic (exact) mass is 449 g/mol. The molecule has 33 heavy (non-hydrogen) atoms. The molecule has 0 radical (unpaired) electrons. The Balaban J connectivity index is 1.51. The van der Waals surface area contributed by atoms with Gasteiger partial charge in [-0.2, -0.15) is 10.1 Å². The van der Waals surface area contributed by atoms with Gasteiger partial charge in [0.25, 0.3) is 5.91 Å². The van der Waals surface area contributed by atoms with Crippen molar-refractivity contribution in [2.24, 2.45) is 0 Å². The summed E-state index contributed by atoms with van der Waals surface area (Å²) < 4.78 is 15.2. The van der Waals surface area contributed by atoms with Crippen molar-refractivity contribution in [1.82, 2.24) is 29.0 Å². The maximum Gasteiger partial charge on any atom is 0.262 e. The largest absolute Gasteiger partial charge is 0.474 e. The van der Waals surface area contributed by atoms with Crippen molar-refractivity contribution in [3.05, 3.63) is 48.3 Å². The van der Waals surface area contributed by atoms with E-state index in [0.717, 1.165) is 18.5 Å². The Kier molecular flexibility index (Phi) is 5.24. The molecule has 172 valence electrons. The molecule has 0 bridgehead atoms. The van der Waals surface area contributed by atoms with Gasteiger partial charge in [-0.1, -0.05) is 6.92 Å². The zero-order valence-corrected chi connectivity index (χ0v) is 19.1. The summed E-state index contributed by atoms with van der Waals surface area (Å²) in [5, 5.41) is 7.10. The molecule has 4 aromatic rings. The Bertz CT molecular complexity index is 1320. The van der Waals surface area contributed by atoms with Gasteiger partial charge in [-0.05, 0) is 39.7 Å². The maximum absolute atomic E-state index is 13.3. The number of aromatic nitrogens is 6. The summed E-state index contributed by atoms with van der Waals surface area (Å²) in [4.78, 5) is 26.9. The molecule has 5 rings (SSSR count). The normalized spacial score (nSPS) is 21.1. The molecule has 0 aromatic carbocycles. The molecule has 2 atom stereocenters. The number of ether oxygens (including phenoxy) is 2. The van der Waals surface area contributed by atoms with Gasteiger partial charge in [0.1, 0.15) is 11.3 Å². The summed E-state index contributed by atoms with van der Waals surface area (Å²) in [6, 6.07) is 1.77. The average Bonchev–Trinajstić information content (AvgIpc) is 3.39. The Hall–Kier alpha value is -3.53. The van der Waals surface area contributed by atoms with Gasteiger partial charge < -0.3 is 14.8 Å². The van der Waals surface area contributed by atoms with Crippen LogP contribution in [0.2, 0.25) is 0 Å². The first-order valence-electron chi connectivity index (χ1n) is 11.1. The number of hydrogen-bond donors (Lipinski definition) is 1. The summed E-state index contributed by atoms with van der Waals surface area (Å²) in [6.45, 7) is 8.62. The number of anilines is 1. The second-order valence-corrected chi connectivity index (χ2v) is 9.08. The van der Waals surface area contributed by atoms with Crippen molar-refractivity contribution in [3.8, 4) is 5.88 Å². The smallest absolute Gasteiger partial charge is 0.262 e. The van der Waals surface area contributed by atoms with Crippen molar-refractivity contribution in [3.63, 3.8) is 0 Å². The van der Waals surface area contributed by atoms with E-state index in [0.29, 0.717) is 29.3 Å². The van der Waals surface area contributed by atoms with E-state index in [9.17, 15) is 4.79 Å². The molecule has 1 aliphatic heterocycles. The van der Waals surface area contributed by atoms with Crippen molar-refractivity contribution in [1.29, 1.82) is 0 Å². The number of nitrogens with one attached hydrogen (secondary N) is 1. The van der Waals surface area contributed by atoms with Gasteiger partial charge in [-0.15, -0.1) is 0 Å². The van der Waals surface area contributed by atoms with Crippen LogP contribution in [0.5, 0.6) is 5.88 Å². The van der Waals surface area contributed by atoms with Crippen molar-refractivity contribution < 1.29 is 14.3 Å². The van der Waals surface area contributed by atoms with E-state index in [1.165, 1.54) is 0 Å². The van der Waals surface area contributed by atoms with Gasteiger partial charge in [-0.3, -0.25) is 9.20 Å². The SMILES string of the molecule is CC(C)Oc1nc2nc([C@@]3(C)CCC(C)OC3)cn2cc1C(=O)Nc1cnn2cccnc12. The lowest BCUT2D eigenvalue weighted by Crippen LogP contribution is -2.36. The molecule has 1 saturated heterocycles. The minimum absolute atomic E-state index is 0.162. The Labute approximate surface area is 191 Å². The van der Waals surface area contributed by atoms with Crippen LogP contribution in [0.3, 0.4) is 0 Å². The van der Waals surface area contributed by atoms with E-state index < -0.39 is 0 Å². The molecule has 1 fully saturated rings. The molecule has 1 N–H and O–H groups in total. The highest BCUT2D eigenvalue weighted by Crippen LogP contribution is 2.34. The lowest BCUT2D eigenvalue weighted by molar-refractivity contribution is -0.0162. The maximum atomic E-state index is 13.3. The fourth-order valence-electron chi connectivity index (χ4n) is 3.98. The highest BCUT2D eigenvalue weighted by Gasteiger charge is 2.35. The third-order valence-corrected chi connectivity index (χ3v) is 5.94. The summed E-state index contributed by atoms with van der Waals surface area (Å²) in [5.74, 6) is 0.349. The first kappa shape index (κ1) is 21.3. The fourth-order valence-corrected chi connectivity index (χ4v) is 3.98. The van der Waals surface area contributed by atoms with Crippen molar-refractivity contribution in [2.45, 2.75) is 58.2 Å². The molecule has 1 amide bonds. The Morgan fingerprint density at radius 1 is 1.33 bits per heavy atom. The molecular formula is C23H27N7O3. The first-order chi connectivity index (χ1) is 15.8. The summed E-state index contributed by atoms with van der Waals surface area (Å²) in [6.07, 6.45) is 10.7. The molecule has 4 aromatic heterocycles. The summed E-state index contributed by atoms with van der Waals surface area (Å²) in [5.41, 5.74) is 2.04. The third-order valence-electron chi connectivity index (χ3n) is 5.94. The van der Waals surface area contributed by atoms with Gasteiger partial charge >= 0.3 is 0 Å². The number of imidazole rings is 1. The van der Waals surface area contributed by atoms with Crippen LogP contribution < -0.4 is 10.1 Å². The number of fused-ring (bicyclic) bond motifs is 2. The summed E-state index contributed by atoms with van der Waals surface area (Å²) in [7, 11) is 0. The van der Waals surface area contributed by atoms with Crippen LogP contribution in [0.4, 0.5) is 5.69 Å². The minimum Gasteiger partial charge on any atom is -0.474 e. The molecule has 5 heterocycles. The summed E-state index contributed by atoms with van der Waals surface area (Å²) >= 11 is 0. The zero-order valence-electron chi connectivity index (χ0n) is 19.1. The van der Waals surface area contributed by atoms with E-state index >= 15 is 0 Å². The molecule has 0 saturated carbocycles. The predicted molar refractivity (Wildman–Crippen MR) is 122 cm³/mol. The van der Waals surface area contributed by atoms with Gasteiger partial charge in [0, 0.05) is 30.2 Å². The van der Waals surface area contributed by atoms with Crippen LogP contribution in [-0.2, 0) is 10.2 Å². The molecule has 1 aliphatic rings. The highest BCUT2D eigenvalue weighted by molar-refractivity contribution is 6.07. The van der Waals surface area contributed by atoms with E-state index in [1.54, 1.807) is 39.8 Å². The standard InChI is InChI=1S/C23H27N7O3/c1-14(2)33-21-16(20(31)26-17-10-25-30-9-5-8-24-19(17)30)11-29-12-18(27-22(29)28-21)23(4)7-6-15(3)32-13-23/h5,8-12,14-15H,6-7,13H2,1-4H3,(H,26,31)/t15?,23-/m0/s1. The average molecular weight is 450 g/mol. The fraction of sp³-hybridized carbons (Fsp3) is 0.435. The Morgan fingerprint density at radius 3 is 2.94 bits per heavy atom. The Morgan fingerprint density at radius 2 is 2.18 bits per heavy atom. The van der Waals surface area contributed by atoms with Gasteiger partial charge in [0.15, 0.2) is 5.65 Å². The number of nitrogens with zero attached hydrogens (tertiary/aromatic N) is 6. The lowest BCUT2D eigenvalue weighted by atomic mass is 9.81. The van der Waals surface area contributed by atoms with Crippen LogP contribution >= 0.6 is 0 Å². The van der Waals surface area contributed by atoms with Crippen LogP contribution in [0.25, 0.3) is 11.4 Å². The number of amides is 1. The predicted octanol–water partition coefficient (Wildman–Crippen LogP) is 3.27.